The fraction of sp³-hybridized carbons (Fsp3) is 0.469. The molecular formula is C32H36F3N5O3. The van der Waals surface area contributed by atoms with E-state index in [2.05, 4.69) is 25.9 Å². The largest absolute Gasteiger partial charge is 0.494 e. The lowest BCUT2D eigenvalue weighted by Crippen LogP contribution is -2.58. The normalized spacial score (nSPS) is 25.7. The van der Waals surface area contributed by atoms with Gasteiger partial charge in [0.05, 0.1) is 25.3 Å². The summed E-state index contributed by atoms with van der Waals surface area (Å²) in [6.07, 6.45) is 0.954. The number of nitrogens with one attached hydrogen (secondary N) is 3. The molecule has 1 aromatic heterocycles. The summed E-state index contributed by atoms with van der Waals surface area (Å²) in [6.45, 7) is 3.65. The van der Waals surface area contributed by atoms with Gasteiger partial charge in [-0.1, -0.05) is 18.2 Å². The molecular weight excluding hydrogens is 559 g/mol. The average molecular weight is 596 g/mol. The van der Waals surface area contributed by atoms with E-state index in [1.54, 1.807) is 6.07 Å². The van der Waals surface area contributed by atoms with Gasteiger partial charge < -0.3 is 25.4 Å². The number of hydrogen-bond donors (Lipinski definition) is 3. The predicted octanol–water partition coefficient (Wildman–Crippen LogP) is 7.39. The highest BCUT2D eigenvalue weighted by molar-refractivity contribution is 5.77. The number of aromatic nitrogens is 2. The smallest absolute Gasteiger partial charge is 0.421 e. The third kappa shape index (κ3) is 5.45. The molecule has 0 amide bonds. The number of benzene rings is 2. The summed E-state index contributed by atoms with van der Waals surface area (Å²) < 4.78 is 52.4. The zero-order valence-corrected chi connectivity index (χ0v) is 24.6. The molecule has 0 saturated heterocycles. The number of esters is 1. The minimum Gasteiger partial charge on any atom is -0.494 e. The first-order valence-corrected chi connectivity index (χ1v) is 14.6. The first kappa shape index (κ1) is 29.1. The van der Waals surface area contributed by atoms with Crippen molar-refractivity contribution in [1.82, 2.24) is 9.97 Å². The highest BCUT2D eigenvalue weighted by Crippen LogP contribution is 2.61. The van der Waals surface area contributed by atoms with E-state index in [1.807, 2.05) is 44.2 Å². The van der Waals surface area contributed by atoms with Gasteiger partial charge in [0.25, 0.3) is 0 Å². The van der Waals surface area contributed by atoms with Crippen molar-refractivity contribution >= 4 is 34.8 Å². The van der Waals surface area contributed by atoms with Gasteiger partial charge in [-0.15, -0.1) is 0 Å². The van der Waals surface area contributed by atoms with Crippen molar-refractivity contribution in [3.05, 3.63) is 59.3 Å². The van der Waals surface area contributed by atoms with Gasteiger partial charge in [0, 0.05) is 29.7 Å². The lowest BCUT2D eigenvalue weighted by Gasteiger charge is -2.58. The molecule has 8 nitrogen and oxygen atoms in total. The number of carbonyl (C=O) groups is 1. The Hall–Kier alpha value is -4.02. The molecule has 4 bridgehead atoms. The number of nitrogens with zero attached hydrogens (tertiary/aromatic N) is 2. The van der Waals surface area contributed by atoms with Crippen LogP contribution in [-0.4, -0.2) is 36.2 Å². The standard InChI is InChI=1S/C32H36F3N5O3/c1-17-6-5-7-18(2)26(17)39-28-23(32(33,34)35)16-36-30(40-28)38-24-9-8-22(12-25(24)42-3)37-27-20-10-19-11-21(27)15-31(13-19,14-20)29(41)43-4/h5-9,12,16,19-21,27,37H,10-11,13-15H2,1-4H3,(H2,36,38,39,40). The molecule has 4 aliphatic carbocycles. The van der Waals surface area contributed by atoms with Gasteiger partial charge in [-0.05, 0) is 87.0 Å². The Balaban J connectivity index is 1.22. The molecule has 11 heteroatoms. The molecule has 7 rings (SSSR count). The van der Waals surface area contributed by atoms with E-state index in [-0.39, 0.29) is 29.2 Å². The van der Waals surface area contributed by atoms with Crippen molar-refractivity contribution < 1.29 is 27.4 Å². The zero-order chi connectivity index (χ0) is 30.5. The van der Waals surface area contributed by atoms with Crippen molar-refractivity contribution in [2.24, 2.45) is 23.2 Å². The van der Waals surface area contributed by atoms with Gasteiger partial charge >= 0.3 is 12.1 Å². The Labute approximate surface area is 248 Å². The van der Waals surface area contributed by atoms with Crippen molar-refractivity contribution in [3.63, 3.8) is 0 Å². The summed E-state index contributed by atoms with van der Waals surface area (Å²) in [6, 6.07) is 11.3. The Morgan fingerprint density at radius 3 is 2.33 bits per heavy atom. The summed E-state index contributed by atoms with van der Waals surface area (Å²) in [4.78, 5) is 20.9. The molecule has 0 radical (unpaired) electrons. The summed E-state index contributed by atoms with van der Waals surface area (Å²) in [5.41, 5.74) is 2.24. The van der Waals surface area contributed by atoms with E-state index in [0.717, 1.165) is 55.1 Å². The van der Waals surface area contributed by atoms with Crippen LogP contribution in [0.2, 0.25) is 0 Å². The van der Waals surface area contributed by atoms with Gasteiger partial charge in [0.2, 0.25) is 5.95 Å². The molecule has 4 fully saturated rings. The van der Waals surface area contributed by atoms with Crippen LogP contribution in [0.1, 0.15) is 48.8 Å². The molecule has 43 heavy (non-hydrogen) atoms. The van der Waals surface area contributed by atoms with Gasteiger partial charge in [0.1, 0.15) is 17.1 Å². The van der Waals surface area contributed by atoms with Crippen LogP contribution >= 0.6 is 0 Å². The monoisotopic (exact) mass is 595 g/mol. The molecule has 228 valence electrons. The summed E-state index contributed by atoms with van der Waals surface area (Å²) in [5.74, 6) is 1.41. The number of carbonyl (C=O) groups excluding carboxylic acids is 1. The quantitative estimate of drug-likeness (QED) is 0.232. The maximum absolute atomic E-state index is 13.9. The van der Waals surface area contributed by atoms with Gasteiger partial charge in [-0.2, -0.15) is 18.2 Å². The lowest BCUT2D eigenvalue weighted by atomic mass is 9.48. The molecule has 0 aliphatic heterocycles. The molecule has 4 saturated carbocycles. The molecule has 2 aromatic carbocycles. The fourth-order valence-corrected chi connectivity index (χ4v) is 7.80. The van der Waals surface area contributed by atoms with Gasteiger partial charge in [-0.25, -0.2) is 4.98 Å². The molecule has 2 atom stereocenters. The van der Waals surface area contributed by atoms with Crippen molar-refractivity contribution in [1.29, 1.82) is 0 Å². The minimum atomic E-state index is -4.64. The molecule has 1 heterocycles. The molecule has 4 aliphatic rings. The summed E-state index contributed by atoms with van der Waals surface area (Å²) in [5, 5.41) is 9.62. The maximum Gasteiger partial charge on any atom is 0.421 e. The van der Waals surface area contributed by atoms with Crippen LogP contribution in [-0.2, 0) is 15.7 Å². The zero-order valence-electron chi connectivity index (χ0n) is 24.6. The number of ether oxygens (including phenoxy) is 2. The first-order chi connectivity index (χ1) is 20.5. The highest BCUT2D eigenvalue weighted by Gasteiger charge is 2.59. The second-order valence-corrected chi connectivity index (χ2v) is 12.3. The Bertz CT molecular complexity index is 1510. The summed E-state index contributed by atoms with van der Waals surface area (Å²) in [7, 11) is 3.02. The van der Waals surface area contributed by atoms with Crippen molar-refractivity contribution in [2.45, 2.75) is 58.2 Å². The third-order valence-electron chi connectivity index (χ3n) is 9.49. The second kappa shape index (κ2) is 10.9. The lowest BCUT2D eigenvalue weighted by molar-refractivity contribution is -0.169. The topological polar surface area (TPSA) is 97.4 Å². The van der Waals surface area contributed by atoms with Crippen molar-refractivity contribution in [3.8, 4) is 5.75 Å². The van der Waals surface area contributed by atoms with Crippen molar-refractivity contribution in [2.75, 3.05) is 30.2 Å². The van der Waals surface area contributed by atoms with E-state index >= 15 is 0 Å². The van der Waals surface area contributed by atoms with Crippen LogP contribution in [0, 0.1) is 37.0 Å². The van der Waals surface area contributed by atoms with Crippen LogP contribution < -0.4 is 20.7 Å². The Morgan fingerprint density at radius 1 is 1.00 bits per heavy atom. The first-order valence-electron chi connectivity index (χ1n) is 14.6. The molecule has 3 N–H and O–H groups in total. The third-order valence-corrected chi connectivity index (χ3v) is 9.49. The van der Waals surface area contributed by atoms with Crippen LogP contribution in [0.15, 0.2) is 42.6 Å². The van der Waals surface area contributed by atoms with Crippen LogP contribution in [0.5, 0.6) is 5.75 Å². The minimum absolute atomic E-state index is 0.00473. The molecule has 3 aromatic rings. The number of rotatable bonds is 8. The van der Waals surface area contributed by atoms with Crippen LogP contribution in [0.25, 0.3) is 0 Å². The number of para-hydroxylation sites is 1. The molecule has 0 spiro atoms. The second-order valence-electron chi connectivity index (χ2n) is 12.3. The number of methoxy groups -OCH3 is 2. The summed E-state index contributed by atoms with van der Waals surface area (Å²) >= 11 is 0. The van der Waals surface area contributed by atoms with E-state index < -0.39 is 11.7 Å². The van der Waals surface area contributed by atoms with E-state index in [9.17, 15) is 18.0 Å². The SMILES string of the molecule is COC(=O)C12CC3CC(C1)C(Nc1ccc(Nc4ncc(C(F)(F)F)c(Nc5c(C)cccc5C)n4)c(OC)c1)C(C3)C2. The number of anilines is 5. The number of aryl methyl sites for hydroxylation is 2. The Morgan fingerprint density at radius 2 is 1.70 bits per heavy atom. The van der Waals surface area contributed by atoms with E-state index in [0.29, 0.717) is 34.9 Å². The maximum atomic E-state index is 13.9. The fourth-order valence-electron chi connectivity index (χ4n) is 7.80. The van der Waals surface area contributed by atoms with Crippen LogP contribution in [0.3, 0.4) is 0 Å². The number of halogens is 3. The van der Waals surface area contributed by atoms with Gasteiger partial charge in [-0.3, -0.25) is 4.79 Å². The highest BCUT2D eigenvalue weighted by atomic mass is 19.4. The molecule has 2 unspecified atom stereocenters. The van der Waals surface area contributed by atoms with Gasteiger partial charge in [0.15, 0.2) is 0 Å². The number of alkyl halides is 3. The van der Waals surface area contributed by atoms with E-state index in [1.165, 1.54) is 14.2 Å². The predicted molar refractivity (Wildman–Crippen MR) is 158 cm³/mol. The number of hydrogen-bond acceptors (Lipinski definition) is 8. The van der Waals surface area contributed by atoms with E-state index in [4.69, 9.17) is 9.47 Å². The Kier molecular flexibility index (Phi) is 7.38. The average Bonchev–Trinajstić information content (AvgIpc) is 2.96. The van der Waals surface area contributed by atoms with Crippen LogP contribution in [0.4, 0.5) is 42.0 Å².